The highest BCUT2D eigenvalue weighted by atomic mass is 32.2. The van der Waals surface area contributed by atoms with E-state index in [-0.39, 0.29) is 11.4 Å². The highest BCUT2D eigenvalue weighted by molar-refractivity contribution is 7.89. The highest BCUT2D eigenvalue weighted by Crippen LogP contribution is 2.28. The molecule has 0 amide bonds. The van der Waals surface area contributed by atoms with Crippen LogP contribution in [0.25, 0.3) is 10.9 Å². The van der Waals surface area contributed by atoms with Crippen LogP contribution in [-0.4, -0.2) is 43.9 Å². The van der Waals surface area contributed by atoms with Gasteiger partial charge in [-0.05, 0) is 61.7 Å². The Bertz CT molecular complexity index is 1280. The van der Waals surface area contributed by atoms with Crippen LogP contribution < -0.4 is 4.90 Å². The molecule has 0 spiro atoms. The maximum Gasteiger partial charge on any atom is 0.243 e. The molecule has 0 atom stereocenters. The van der Waals surface area contributed by atoms with Gasteiger partial charge in [-0.3, -0.25) is 0 Å². The van der Waals surface area contributed by atoms with Crippen molar-refractivity contribution in [3.8, 4) is 6.07 Å². The zero-order chi connectivity index (χ0) is 22.2. The zero-order valence-electron chi connectivity index (χ0n) is 17.5. The number of hydrogen-bond donors (Lipinski definition) is 0. The lowest BCUT2D eigenvalue weighted by molar-refractivity contribution is 0.433. The van der Waals surface area contributed by atoms with Crippen molar-refractivity contribution in [1.29, 1.82) is 5.26 Å². The van der Waals surface area contributed by atoms with E-state index in [9.17, 15) is 18.1 Å². The summed E-state index contributed by atoms with van der Waals surface area (Å²) in [6.45, 7) is 5.66. The Morgan fingerprint density at radius 2 is 1.77 bits per heavy atom. The van der Waals surface area contributed by atoms with Crippen LogP contribution in [0.4, 0.5) is 10.2 Å². The first-order valence-corrected chi connectivity index (χ1v) is 11.6. The van der Waals surface area contributed by atoms with Crippen LogP contribution in [0.15, 0.2) is 47.4 Å². The molecule has 0 unspecified atom stereocenters. The number of rotatable bonds is 3. The van der Waals surface area contributed by atoms with Gasteiger partial charge in [0.15, 0.2) is 0 Å². The summed E-state index contributed by atoms with van der Waals surface area (Å²) >= 11 is 0. The number of anilines is 1. The largest absolute Gasteiger partial charge is 0.354 e. The van der Waals surface area contributed by atoms with Crippen molar-refractivity contribution in [1.82, 2.24) is 9.29 Å². The number of nitriles is 1. The van der Waals surface area contributed by atoms with Crippen LogP contribution in [0.5, 0.6) is 0 Å². The molecule has 160 valence electrons. The van der Waals surface area contributed by atoms with Gasteiger partial charge in [0, 0.05) is 31.6 Å². The number of hydrogen-bond acceptors (Lipinski definition) is 5. The van der Waals surface area contributed by atoms with Crippen LogP contribution in [0.1, 0.15) is 23.1 Å². The second-order valence-electron chi connectivity index (χ2n) is 7.75. The first-order chi connectivity index (χ1) is 14.8. The van der Waals surface area contributed by atoms with Gasteiger partial charge in [0.2, 0.25) is 10.0 Å². The maximum atomic E-state index is 13.2. The second kappa shape index (κ2) is 8.25. The molecule has 0 radical (unpaired) electrons. The Labute approximate surface area is 181 Å². The fourth-order valence-electron chi connectivity index (χ4n) is 3.90. The Kier molecular flexibility index (Phi) is 5.65. The van der Waals surface area contributed by atoms with Crippen molar-refractivity contribution in [3.63, 3.8) is 0 Å². The summed E-state index contributed by atoms with van der Waals surface area (Å²) in [5.74, 6) is 0.114. The van der Waals surface area contributed by atoms with E-state index < -0.39 is 15.8 Å². The normalized spacial score (nSPS) is 15.6. The van der Waals surface area contributed by atoms with Gasteiger partial charge < -0.3 is 4.90 Å². The van der Waals surface area contributed by atoms with E-state index >= 15 is 0 Å². The Balaban J connectivity index is 1.64. The highest BCUT2D eigenvalue weighted by Gasteiger charge is 2.28. The van der Waals surface area contributed by atoms with Gasteiger partial charge in [-0.25, -0.2) is 17.8 Å². The molecular formula is C23H23FN4O2S. The molecule has 6 nitrogen and oxygen atoms in total. The van der Waals surface area contributed by atoms with Gasteiger partial charge >= 0.3 is 0 Å². The van der Waals surface area contributed by atoms with Gasteiger partial charge in [0.05, 0.1) is 16.0 Å². The number of aromatic nitrogens is 1. The lowest BCUT2D eigenvalue weighted by atomic mass is 10.0. The summed E-state index contributed by atoms with van der Waals surface area (Å²) in [5, 5.41) is 10.6. The van der Waals surface area contributed by atoms with Gasteiger partial charge in [0.25, 0.3) is 0 Å². The van der Waals surface area contributed by atoms with Gasteiger partial charge in [-0.15, -0.1) is 0 Å². The number of benzene rings is 2. The van der Waals surface area contributed by atoms with Crippen molar-refractivity contribution in [3.05, 3.63) is 65.0 Å². The predicted octanol–water partition coefficient (Wildman–Crippen LogP) is 3.76. The maximum absolute atomic E-state index is 13.2. The molecule has 1 aliphatic rings. The number of sulfonamides is 1. The smallest absolute Gasteiger partial charge is 0.243 e. The first-order valence-electron chi connectivity index (χ1n) is 10.1. The van der Waals surface area contributed by atoms with Crippen LogP contribution >= 0.6 is 0 Å². The fourth-order valence-corrected chi connectivity index (χ4v) is 5.37. The molecule has 0 N–H and O–H groups in total. The summed E-state index contributed by atoms with van der Waals surface area (Å²) in [6, 6.07) is 13.0. The van der Waals surface area contributed by atoms with Crippen LogP contribution in [0, 0.1) is 31.0 Å². The predicted molar refractivity (Wildman–Crippen MR) is 118 cm³/mol. The number of fused-ring (bicyclic) bond motifs is 1. The van der Waals surface area contributed by atoms with E-state index in [2.05, 4.69) is 6.07 Å². The van der Waals surface area contributed by atoms with Crippen LogP contribution in [0.2, 0.25) is 0 Å². The molecule has 8 heteroatoms. The summed E-state index contributed by atoms with van der Waals surface area (Å²) in [5.41, 5.74) is 3.53. The van der Waals surface area contributed by atoms with E-state index in [4.69, 9.17) is 4.98 Å². The number of pyridine rings is 1. The monoisotopic (exact) mass is 438 g/mol. The minimum absolute atomic E-state index is 0.0787. The molecular weight excluding hydrogens is 415 g/mol. The molecule has 1 aliphatic heterocycles. The molecule has 0 bridgehead atoms. The summed E-state index contributed by atoms with van der Waals surface area (Å²) in [6.07, 6.45) is 0.595. The standard InChI is InChI=1S/C23H23FN4O2S/c1-16-4-5-18-14-19(15-25)23(26-22(18)17(16)2)27-10-3-11-28(13-12-27)31(29,30)21-8-6-20(24)7-9-21/h4-9,14H,3,10-13H2,1-2H3. The minimum atomic E-state index is -3.72. The van der Waals surface area contributed by atoms with Crippen LogP contribution in [-0.2, 0) is 10.0 Å². The topological polar surface area (TPSA) is 77.3 Å². The van der Waals surface area contributed by atoms with Crippen molar-refractivity contribution in [2.75, 3.05) is 31.1 Å². The Morgan fingerprint density at radius 1 is 1.03 bits per heavy atom. The quantitative estimate of drug-likeness (QED) is 0.622. The molecule has 3 aromatic rings. The minimum Gasteiger partial charge on any atom is -0.354 e. The average Bonchev–Trinajstić information content (AvgIpc) is 3.03. The zero-order valence-corrected chi connectivity index (χ0v) is 18.3. The number of aryl methyl sites for hydroxylation is 2. The average molecular weight is 439 g/mol. The Morgan fingerprint density at radius 3 is 2.48 bits per heavy atom. The third kappa shape index (κ3) is 3.99. The van der Waals surface area contributed by atoms with E-state index in [0.29, 0.717) is 37.4 Å². The van der Waals surface area contributed by atoms with Crippen molar-refractivity contribution < 1.29 is 12.8 Å². The Hall–Kier alpha value is -3.02. The van der Waals surface area contributed by atoms with Crippen molar-refractivity contribution >= 4 is 26.7 Å². The van der Waals surface area contributed by atoms with Crippen molar-refractivity contribution in [2.24, 2.45) is 0 Å². The lowest BCUT2D eigenvalue weighted by Gasteiger charge is -2.24. The molecule has 2 heterocycles. The van der Waals surface area contributed by atoms with Gasteiger partial charge in [-0.2, -0.15) is 9.57 Å². The van der Waals surface area contributed by atoms with Gasteiger partial charge in [-0.1, -0.05) is 12.1 Å². The van der Waals surface area contributed by atoms with Gasteiger partial charge in [0.1, 0.15) is 17.7 Å². The SMILES string of the molecule is Cc1ccc2cc(C#N)c(N3CCCN(S(=O)(=O)c4ccc(F)cc4)CC3)nc2c1C. The van der Waals surface area contributed by atoms with E-state index in [0.717, 1.165) is 34.2 Å². The molecule has 0 saturated carbocycles. The van der Waals surface area contributed by atoms with E-state index in [1.54, 1.807) is 0 Å². The molecule has 0 aliphatic carbocycles. The molecule has 2 aromatic carbocycles. The summed E-state index contributed by atoms with van der Waals surface area (Å²) < 4.78 is 40.6. The third-order valence-electron chi connectivity index (χ3n) is 5.82. The molecule has 4 rings (SSSR count). The van der Waals surface area contributed by atoms with Crippen LogP contribution in [0.3, 0.4) is 0 Å². The first kappa shape index (κ1) is 21.2. The summed E-state index contributed by atoms with van der Waals surface area (Å²) in [7, 11) is -3.72. The molecule has 1 aromatic heterocycles. The number of nitrogens with zero attached hydrogens (tertiary/aromatic N) is 4. The van der Waals surface area contributed by atoms with E-state index in [1.807, 2.05) is 36.9 Å². The van der Waals surface area contributed by atoms with Crippen molar-refractivity contribution in [2.45, 2.75) is 25.2 Å². The molecule has 1 fully saturated rings. The summed E-state index contributed by atoms with van der Waals surface area (Å²) in [4.78, 5) is 6.89. The fraction of sp³-hybridized carbons (Fsp3) is 0.304. The second-order valence-corrected chi connectivity index (χ2v) is 9.69. The van der Waals surface area contributed by atoms with E-state index in [1.165, 1.54) is 16.4 Å². The third-order valence-corrected chi connectivity index (χ3v) is 7.73. The molecule has 31 heavy (non-hydrogen) atoms. The lowest BCUT2D eigenvalue weighted by Crippen LogP contribution is -2.35. The molecule has 1 saturated heterocycles. The number of halogens is 1.